The van der Waals surface area contributed by atoms with Crippen molar-refractivity contribution in [3.05, 3.63) is 0 Å². The van der Waals surface area contributed by atoms with Gasteiger partial charge in [0.2, 0.25) is 0 Å². The van der Waals surface area contributed by atoms with Crippen LogP contribution in [-0.4, -0.2) is 40.7 Å². The molecule has 0 aromatic heterocycles. The summed E-state index contributed by atoms with van der Waals surface area (Å²) in [7, 11) is -8.78. The standard InChI is InChI=1S/C3H7F3N2O4S2.K.H/c1-8(2)14(11,12)7-13(9,10)3(4,5)6;;/h7H,1-2H3;;/q;+1;-1. The number of nitrogens with zero attached hydrogens (tertiary/aromatic N) is 1. The molecule has 0 bridgehead atoms. The van der Waals surface area contributed by atoms with Crippen molar-refractivity contribution in [1.82, 2.24) is 8.43 Å². The van der Waals surface area contributed by atoms with E-state index < -0.39 is 25.7 Å². The second kappa shape index (κ2) is 5.73. The molecule has 88 valence electrons. The Balaban J connectivity index is -0.000000845. The first-order valence-corrected chi connectivity index (χ1v) is 5.85. The SMILES string of the molecule is CN(C)S(=O)(=O)NS(=O)(=O)C(F)(F)F.[H-].[K+]. The Kier molecular flexibility index (Phi) is 7.10. The molecule has 15 heavy (non-hydrogen) atoms. The summed E-state index contributed by atoms with van der Waals surface area (Å²) in [6.07, 6.45) is 0. The molecular formula is C3H8F3KN2O4S2. The van der Waals surface area contributed by atoms with Crippen molar-refractivity contribution < 1.29 is 82.8 Å². The molecule has 12 heteroatoms. The molecule has 0 heterocycles. The van der Waals surface area contributed by atoms with Crippen molar-refractivity contribution in [1.29, 1.82) is 0 Å². The fourth-order valence-corrected chi connectivity index (χ4v) is 2.34. The van der Waals surface area contributed by atoms with E-state index in [-0.39, 0.29) is 52.8 Å². The van der Waals surface area contributed by atoms with Gasteiger partial charge in [-0.2, -0.15) is 25.9 Å². The van der Waals surface area contributed by atoms with Crippen LogP contribution in [0.25, 0.3) is 0 Å². The molecule has 0 aromatic carbocycles. The number of nitrogens with one attached hydrogen (secondary N) is 1. The van der Waals surface area contributed by atoms with Crippen molar-refractivity contribution in [2.24, 2.45) is 0 Å². The monoisotopic (exact) mass is 296 g/mol. The fraction of sp³-hybridized carbons (Fsp3) is 1.00. The third-order valence-corrected chi connectivity index (χ3v) is 4.29. The summed E-state index contributed by atoms with van der Waals surface area (Å²) in [5.74, 6) is 0. The first-order valence-electron chi connectivity index (χ1n) is 2.92. The van der Waals surface area contributed by atoms with E-state index in [0.29, 0.717) is 8.43 Å². The van der Waals surface area contributed by atoms with Crippen LogP contribution < -0.4 is 55.5 Å². The number of alkyl halides is 3. The van der Waals surface area contributed by atoms with Crippen LogP contribution in [0.15, 0.2) is 0 Å². The molecule has 6 nitrogen and oxygen atoms in total. The van der Waals surface area contributed by atoms with Crippen LogP contribution in [0.1, 0.15) is 1.43 Å². The number of hydrogen-bond acceptors (Lipinski definition) is 4. The maximum atomic E-state index is 11.7. The summed E-state index contributed by atoms with van der Waals surface area (Å²) >= 11 is 0. The van der Waals surface area contributed by atoms with Gasteiger partial charge < -0.3 is 1.43 Å². The van der Waals surface area contributed by atoms with Crippen LogP contribution in [0.5, 0.6) is 0 Å². The van der Waals surface area contributed by atoms with Crippen LogP contribution in [0.3, 0.4) is 0 Å². The number of sulfonamides is 1. The van der Waals surface area contributed by atoms with Crippen LogP contribution in [0, 0.1) is 0 Å². The Labute approximate surface area is 129 Å². The zero-order valence-electron chi connectivity index (χ0n) is 9.03. The minimum absolute atomic E-state index is 0. The van der Waals surface area contributed by atoms with Crippen LogP contribution in [0.2, 0.25) is 0 Å². The molecule has 0 fully saturated rings. The van der Waals surface area contributed by atoms with E-state index in [0.717, 1.165) is 14.1 Å². The summed E-state index contributed by atoms with van der Waals surface area (Å²) in [6, 6.07) is 0. The van der Waals surface area contributed by atoms with Gasteiger partial charge >= 0.3 is 66.9 Å². The summed E-state index contributed by atoms with van der Waals surface area (Å²) < 4.78 is 78.0. The quantitative estimate of drug-likeness (QED) is 0.544. The molecule has 0 unspecified atom stereocenters. The first-order chi connectivity index (χ1) is 5.90. The van der Waals surface area contributed by atoms with Gasteiger partial charge in [0, 0.05) is 14.1 Å². The molecular weight excluding hydrogens is 288 g/mol. The summed E-state index contributed by atoms with van der Waals surface area (Å²) in [5.41, 5.74) is -5.66. The van der Waals surface area contributed by atoms with Gasteiger partial charge in [-0.15, -0.1) is 0 Å². The fourth-order valence-electron chi connectivity index (χ4n) is 0.260. The van der Waals surface area contributed by atoms with Gasteiger partial charge in [-0.1, -0.05) is 4.13 Å². The zero-order valence-corrected chi connectivity index (χ0v) is 12.8. The van der Waals surface area contributed by atoms with Crippen molar-refractivity contribution >= 4 is 20.2 Å². The third-order valence-electron chi connectivity index (χ3n) is 1.00. The van der Waals surface area contributed by atoms with E-state index in [1.165, 1.54) is 0 Å². The second-order valence-corrected chi connectivity index (χ2v) is 6.14. The Bertz CT molecular complexity index is 405. The van der Waals surface area contributed by atoms with Gasteiger partial charge in [-0.3, -0.25) is 0 Å². The van der Waals surface area contributed by atoms with Crippen LogP contribution >= 0.6 is 0 Å². The van der Waals surface area contributed by atoms with E-state index >= 15 is 0 Å². The maximum Gasteiger partial charge on any atom is 1.00 e. The molecule has 0 aliphatic rings. The molecule has 0 aliphatic carbocycles. The minimum Gasteiger partial charge on any atom is -1.00 e. The first kappa shape index (κ1) is 18.6. The van der Waals surface area contributed by atoms with Crippen LogP contribution in [0.4, 0.5) is 13.2 Å². The molecule has 0 amide bonds. The number of rotatable bonds is 3. The number of halogens is 3. The Morgan fingerprint density at radius 2 is 1.47 bits per heavy atom. The molecule has 1 N–H and O–H groups in total. The van der Waals surface area contributed by atoms with Gasteiger partial charge in [0.1, 0.15) is 0 Å². The molecule has 0 radical (unpaired) electrons. The second-order valence-electron chi connectivity index (χ2n) is 2.32. The molecule has 0 spiro atoms. The molecule has 0 aromatic rings. The minimum atomic E-state index is -5.88. The molecule has 0 aliphatic heterocycles. The van der Waals surface area contributed by atoms with E-state index in [9.17, 15) is 30.0 Å². The van der Waals surface area contributed by atoms with Crippen LogP contribution in [-0.2, 0) is 20.2 Å². The van der Waals surface area contributed by atoms with Crippen molar-refractivity contribution in [3.8, 4) is 0 Å². The maximum absolute atomic E-state index is 11.7. The normalized spacial score (nSPS) is 13.7. The predicted octanol–water partition coefficient (Wildman–Crippen LogP) is -3.65. The van der Waals surface area contributed by atoms with Gasteiger partial charge in [-0.25, -0.2) is 8.42 Å². The van der Waals surface area contributed by atoms with Gasteiger partial charge in [0.25, 0.3) is 10.2 Å². The van der Waals surface area contributed by atoms with Gasteiger partial charge in [0.05, 0.1) is 0 Å². The van der Waals surface area contributed by atoms with Crippen molar-refractivity contribution in [3.63, 3.8) is 0 Å². The predicted molar refractivity (Wildman–Crippen MR) is 41.8 cm³/mol. The Morgan fingerprint density at radius 1 is 1.13 bits per heavy atom. The summed E-state index contributed by atoms with van der Waals surface area (Å²) in [4.78, 5) is 0. The summed E-state index contributed by atoms with van der Waals surface area (Å²) in [6.45, 7) is 0. The van der Waals surface area contributed by atoms with Crippen molar-refractivity contribution in [2.75, 3.05) is 14.1 Å². The van der Waals surface area contributed by atoms with E-state index in [1.54, 1.807) is 0 Å². The van der Waals surface area contributed by atoms with Crippen molar-refractivity contribution in [2.45, 2.75) is 5.51 Å². The smallest absolute Gasteiger partial charge is 1.00 e. The molecule has 0 saturated heterocycles. The largest absolute Gasteiger partial charge is 1.00 e. The van der Waals surface area contributed by atoms with Gasteiger partial charge in [-0.05, 0) is 0 Å². The molecule has 0 saturated carbocycles. The average molecular weight is 296 g/mol. The third kappa shape index (κ3) is 5.41. The molecule has 0 rings (SSSR count). The molecule has 0 atom stereocenters. The zero-order chi connectivity index (χ0) is 11.8. The Hall–Kier alpha value is 1.25. The number of hydrogen-bond donors (Lipinski definition) is 1. The Morgan fingerprint density at radius 3 is 1.67 bits per heavy atom. The van der Waals surface area contributed by atoms with E-state index in [4.69, 9.17) is 0 Å². The van der Waals surface area contributed by atoms with E-state index in [2.05, 4.69) is 0 Å². The summed E-state index contributed by atoms with van der Waals surface area (Å²) in [5, 5.41) is 0. The topological polar surface area (TPSA) is 83.6 Å². The van der Waals surface area contributed by atoms with Gasteiger partial charge in [0.15, 0.2) is 0 Å². The average Bonchev–Trinajstić information content (AvgIpc) is 1.80. The van der Waals surface area contributed by atoms with E-state index in [1.807, 2.05) is 0 Å².